The average molecular weight is 367 g/mol. The van der Waals surface area contributed by atoms with Crippen LogP contribution in [0.15, 0.2) is 0 Å². The van der Waals surface area contributed by atoms with E-state index < -0.39 is 0 Å². The van der Waals surface area contributed by atoms with Crippen LogP contribution in [-0.4, -0.2) is 38.0 Å². The monoisotopic (exact) mass is 366 g/mol. The zero-order chi connectivity index (χ0) is 18.8. The fraction of sp³-hybridized carbons (Fsp3) is 1.00. The lowest BCUT2D eigenvalue weighted by molar-refractivity contribution is -0.281. The second-order valence-electron chi connectivity index (χ2n) is 10.4. The third kappa shape index (κ3) is 2.41. The second-order valence-corrected chi connectivity index (χ2v) is 10.4. The highest BCUT2D eigenvalue weighted by atomic mass is 16.8. The summed E-state index contributed by atoms with van der Waals surface area (Å²) < 4.78 is 24.5. The van der Waals surface area contributed by atoms with Gasteiger partial charge in [-0.25, -0.2) is 0 Å². The van der Waals surface area contributed by atoms with E-state index >= 15 is 0 Å². The van der Waals surface area contributed by atoms with E-state index in [-0.39, 0.29) is 29.2 Å². The summed E-state index contributed by atoms with van der Waals surface area (Å²) in [6, 6.07) is 0. The summed E-state index contributed by atoms with van der Waals surface area (Å²) in [7, 11) is 3.45. The smallest absolute Gasteiger partial charge is 0.189 e. The highest BCUT2D eigenvalue weighted by Crippen LogP contribution is 2.68. The van der Waals surface area contributed by atoms with Crippen molar-refractivity contribution in [2.45, 2.75) is 103 Å². The van der Waals surface area contributed by atoms with Crippen molar-refractivity contribution in [2.75, 3.05) is 14.2 Å². The fourth-order valence-electron chi connectivity index (χ4n) is 7.57. The van der Waals surface area contributed by atoms with E-state index in [9.17, 15) is 0 Å². The van der Waals surface area contributed by atoms with Crippen molar-refractivity contribution in [3.05, 3.63) is 0 Å². The SMILES string of the molecule is CO[C@@H]1C[C@@]2(CC[C@@]3(O2)[C@H](C)CC[C@H]2C(C)(C)CCC[C@@]23C)[C@H](OC)O1. The van der Waals surface area contributed by atoms with Crippen LogP contribution in [0, 0.1) is 22.7 Å². The minimum Gasteiger partial charge on any atom is -0.362 e. The molecule has 7 atom stereocenters. The standard InChI is InChI=1S/C22H38O4/c1-15-8-9-16-19(2,3)10-7-11-20(16,4)22(15)13-12-21(26-22)14-17(23-5)25-18(21)24-6/h15-18H,7-14H2,1-6H3/t15-,16+,17+,18-,20+,21+,22-/m1/s1. The molecule has 0 N–H and O–H groups in total. The summed E-state index contributed by atoms with van der Waals surface area (Å²) in [4.78, 5) is 0. The van der Waals surface area contributed by atoms with Crippen LogP contribution >= 0.6 is 0 Å². The van der Waals surface area contributed by atoms with Crippen molar-refractivity contribution in [1.82, 2.24) is 0 Å². The Kier molecular flexibility index (Phi) is 4.55. The highest BCUT2D eigenvalue weighted by molar-refractivity contribution is 5.16. The van der Waals surface area contributed by atoms with Crippen molar-refractivity contribution in [1.29, 1.82) is 0 Å². The molecule has 0 aromatic carbocycles. The largest absolute Gasteiger partial charge is 0.362 e. The molecule has 2 heterocycles. The van der Waals surface area contributed by atoms with E-state index in [4.69, 9.17) is 18.9 Å². The van der Waals surface area contributed by atoms with Gasteiger partial charge in [-0.1, -0.05) is 34.1 Å². The number of rotatable bonds is 2. The molecule has 4 fully saturated rings. The minimum atomic E-state index is -0.351. The van der Waals surface area contributed by atoms with Gasteiger partial charge < -0.3 is 18.9 Å². The highest BCUT2D eigenvalue weighted by Gasteiger charge is 2.69. The van der Waals surface area contributed by atoms with Crippen LogP contribution in [0.3, 0.4) is 0 Å². The molecule has 0 aromatic rings. The Balaban J connectivity index is 1.71. The van der Waals surface area contributed by atoms with Gasteiger partial charge in [0, 0.05) is 26.1 Å². The zero-order valence-electron chi connectivity index (χ0n) is 17.6. The summed E-state index contributed by atoms with van der Waals surface area (Å²) in [5.74, 6) is 1.31. The molecule has 4 rings (SSSR count). The normalized spacial score (nSPS) is 53.3. The lowest BCUT2D eigenvalue weighted by Crippen LogP contribution is -2.63. The molecule has 0 aromatic heterocycles. The van der Waals surface area contributed by atoms with Gasteiger partial charge in [0.1, 0.15) is 5.60 Å². The van der Waals surface area contributed by atoms with Gasteiger partial charge in [0.2, 0.25) is 0 Å². The number of fused-ring (bicyclic) bond motifs is 2. The summed E-state index contributed by atoms with van der Waals surface area (Å²) in [6.45, 7) is 9.94. The van der Waals surface area contributed by atoms with Gasteiger partial charge in [0.15, 0.2) is 12.6 Å². The van der Waals surface area contributed by atoms with E-state index in [1.807, 2.05) is 0 Å². The first-order valence-corrected chi connectivity index (χ1v) is 10.6. The van der Waals surface area contributed by atoms with Gasteiger partial charge >= 0.3 is 0 Å². The molecule has 0 radical (unpaired) electrons. The third-order valence-corrected chi connectivity index (χ3v) is 8.88. The van der Waals surface area contributed by atoms with Crippen molar-refractivity contribution in [2.24, 2.45) is 22.7 Å². The molecular formula is C22H38O4. The van der Waals surface area contributed by atoms with Crippen LogP contribution in [0.25, 0.3) is 0 Å². The first kappa shape index (κ1) is 19.2. The zero-order valence-corrected chi connectivity index (χ0v) is 17.6. The molecule has 2 spiro atoms. The van der Waals surface area contributed by atoms with Gasteiger partial charge in [-0.3, -0.25) is 0 Å². The molecule has 0 bridgehead atoms. The van der Waals surface area contributed by atoms with Crippen LogP contribution in [0.2, 0.25) is 0 Å². The summed E-state index contributed by atoms with van der Waals surface area (Å²) in [5.41, 5.74) is 0.229. The Morgan fingerprint density at radius 1 is 0.923 bits per heavy atom. The van der Waals surface area contributed by atoms with Crippen molar-refractivity contribution in [3.63, 3.8) is 0 Å². The van der Waals surface area contributed by atoms with Crippen LogP contribution in [-0.2, 0) is 18.9 Å². The van der Waals surface area contributed by atoms with Crippen LogP contribution in [0.1, 0.15) is 79.1 Å². The van der Waals surface area contributed by atoms with E-state index in [0.717, 1.165) is 25.2 Å². The Morgan fingerprint density at radius 3 is 2.38 bits per heavy atom. The van der Waals surface area contributed by atoms with Crippen LogP contribution in [0.5, 0.6) is 0 Å². The second kappa shape index (κ2) is 6.17. The van der Waals surface area contributed by atoms with Crippen LogP contribution in [0.4, 0.5) is 0 Å². The Labute approximate surface area is 159 Å². The van der Waals surface area contributed by atoms with Gasteiger partial charge in [-0.15, -0.1) is 0 Å². The first-order valence-electron chi connectivity index (χ1n) is 10.6. The molecule has 150 valence electrons. The molecule has 0 unspecified atom stereocenters. The summed E-state index contributed by atoms with van der Waals surface area (Å²) in [6.07, 6.45) is 8.93. The number of methoxy groups -OCH3 is 2. The van der Waals surface area contributed by atoms with Gasteiger partial charge in [-0.05, 0) is 55.8 Å². The maximum absolute atomic E-state index is 7.22. The number of hydrogen-bond acceptors (Lipinski definition) is 4. The van der Waals surface area contributed by atoms with Gasteiger partial charge in [-0.2, -0.15) is 0 Å². The Bertz CT molecular complexity index is 548. The quantitative estimate of drug-likeness (QED) is 0.696. The van der Waals surface area contributed by atoms with Crippen molar-refractivity contribution < 1.29 is 18.9 Å². The molecule has 2 saturated heterocycles. The van der Waals surface area contributed by atoms with Gasteiger partial charge in [0.25, 0.3) is 0 Å². The predicted molar refractivity (Wildman–Crippen MR) is 101 cm³/mol. The van der Waals surface area contributed by atoms with Crippen molar-refractivity contribution in [3.8, 4) is 0 Å². The molecule has 2 saturated carbocycles. The molecule has 26 heavy (non-hydrogen) atoms. The molecule has 4 heteroatoms. The molecule has 2 aliphatic carbocycles. The van der Waals surface area contributed by atoms with E-state index in [2.05, 4.69) is 27.7 Å². The molecule has 2 aliphatic heterocycles. The molecule has 4 nitrogen and oxygen atoms in total. The predicted octanol–water partition coefficient (Wildman–Crippen LogP) is 4.90. The minimum absolute atomic E-state index is 0.0591. The number of ether oxygens (including phenoxy) is 4. The van der Waals surface area contributed by atoms with E-state index in [1.165, 1.54) is 32.1 Å². The molecular weight excluding hydrogens is 328 g/mol. The topological polar surface area (TPSA) is 36.9 Å². The van der Waals surface area contributed by atoms with Gasteiger partial charge in [0.05, 0.1) is 5.60 Å². The Morgan fingerprint density at radius 2 is 1.69 bits per heavy atom. The van der Waals surface area contributed by atoms with E-state index in [0.29, 0.717) is 11.3 Å². The third-order valence-electron chi connectivity index (χ3n) is 8.88. The lowest BCUT2D eigenvalue weighted by Gasteiger charge is -2.64. The summed E-state index contributed by atoms with van der Waals surface area (Å²) in [5, 5.41) is 0. The Hall–Kier alpha value is -0.160. The van der Waals surface area contributed by atoms with Crippen molar-refractivity contribution >= 4 is 0 Å². The molecule has 4 aliphatic rings. The number of hydrogen-bond donors (Lipinski definition) is 0. The molecule has 0 amide bonds. The van der Waals surface area contributed by atoms with E-state index in [1.54, 1.807) is 14.2 Å². The first-order chi connectivity index (χ1) is 12.2. The fourth-order valence-corrected chi connectivity index (χ4v) is 7.57. The lowest BCUT2D eigenvalue weighted by atomic mass is 9.44. The maximum atomic E-state index is 7.22. The van der Waals surface area contributed by atoms with Crippen LogP contribution < -0.4 is 0 Å². The average Bonchev–Trinajstić information content (AvgIpc) is 3.15. The maximum Gasteiger partial charge on any atom is 0.189 e. The summed E-state index contributed by atoms with van der Waals surface area (Å²) >= 11 is 0.